The number of hydrogen-bond acceptors (Lipinski definition) is 5. The van der Waals surface area contributed by atoms with E-state index in [4.69, 9.17) is 4.52 Å². The lowest BCUT2D eigenvalue weighted by atomic mass is 9.98. The maximum Gasteiger partial charge on any atom is 0.263 e. The summed E-state index contributed by atoms with van der Waals surface area (Å²) in [4.78, 5) is 19.8. The van der Waals surface area contributed by atoms with Crippen LogP contribution in [-0.4, -0.2) is 27.8 Å². The quantitative estimate of drug-likeness (QED) is 0.459. The van der Waals surface area contributed by atoms with Gasteiger partial charge in [-0.2, -0.15) is 4.98 Å². The predicted molar refractivity (Wildman–Crippen MR) is 123 cm³/mol. The van der Waals surface area contributed by atoms with Crippen molar-refractivity contribution in [2.45, 2.75) is 26.7 Å². The molecule has 1 fully saturated rings. The van der Waals surface area contributed by atoms with E-state index in [1.165, 1.54) is 6.07 Å². The van der Waals surface area contributed by atoms with E-state index in [0.29, 0.717) is 28.3 Å². The number of pyridine rings is 1. The molecule has 1 aliphatic rings. The summed E-state index contributed by atoms with van der Waals surface area (Å²) in [6.45, 7) is 5.82. The lowest BCUT2D eigenvalue weighted by molar-refractivity contribution is 0.431. The minimum atomic E-state index is -0.382. The van der Waals surface area contributed by atoms with Gasteiger partial charge in [0.25, 0.3) is 5.89 Å². The number of anilines is 1. The molecule has 4 aromatic rings. The molecule has 164 valence electrons. The van der Waals surface area contributed by atoms with Crippen molar-refractivity contribution in [1.29, 1.82) is 0 Å². The number of fused-ring (bicyclic) bond motifs is 1. The fraction of sp³-hybridized carbons (Fsp3) is 0.320. The Morgan fingerprint density at radius 1 is 1.12 bits per heavy atom. The first-order valence-electron chi connectivity index (χ1n) is 10.9. The summed E-state index contributed by atoms with van der Waals surface area (Å²) in [5.74, 6) is 0.814. The van der Waals surface area contributed by atoms with Crippen LogP contribution in [0.3, 0.4) is 0 Å². The average Bonchev–Trinajstić information content (AvgIpc) is 3.27. The molecule has 0 spiro atoms. The van der Waals surface area contributed by atoms with E-state index < -0.39 is 0 Å². The fourth-order valence-corrected chi connectivity index (χ4v) is 4.40. The third kappa shape index (κ3) is 3.47. The predicted octanol–water partition coefficient (Wildman–Crippen LogP) is 4.94. The maximum absolute atomic E-state index is 15.1. The van der Waals surface area contributed by atoms with Crippen LogP contribution in [0.15, 0.2) is 51.9 Å². The molecule has 0 N–H and O–H groups in total. The van der Waals surface area contributed by atoms with Crippen molar-refractivity contribution < 1.29 is 8.91 Å². The highest BCUT2D eigenvalue weighted by molar-refractivity contribution is 5.86. The van der Waals surface area contributed by atoms with Crippen LogP contribution in [-0.2, 0) is 7.05 Å². The van der Waals surface area contributed by atoms with Gasteiger partial charge in [-0.25, -0.2) is 4.39 Å². The topological polar surface area (TPSA) is 64.2 Å². The maximum atomic E-state index is 15.1. The van der Waals surface area contributed by atoms with Crippen molar-refractivity contribution in [1.82, 2.24) is 14.7 Å². The molecule has 0 amide bonds. The van der Waals surface area contributed by atoms with Gasteiger partial charge in [-0.15, -0.1) is 0 Å². The third-order valence-electron chi connectivity index (χ3n) is 6.42. The first-order chi connectivity index (χ1) is 15.4. The molecule has 0 unspecified atom stereocenters. The summed E-state index contributed by atoms with van der Waals surface area (Å²) in [6, 6.07) is 10.8. The monoisotopic (exact) mass is 432 g/mol. The zero-order valence-corrected chi connectivity index (χ0v) is 18.4. The number of benzene rings is 2. The van der Waals surface area contributed by atoms with Crippen molar-refractivity contribution in [3.05, 3.63) is 64.2 Å². The molecule has 3 heterocycles. The van der Waals surface area contributed by atoms with Crippen molar-refractivity contribution in [2.75, 3.05) is 18.0 Å². The third-order valence-corrected chi connectivity index (χ3v) is 6.42. The Morgan fingerprint density at radius 2 is 1.88 bits per heavy atom. The summed E-state index contributed by atoms with van der Waals surface area (Å²) in [7, 11) is 1.84. The number of hydrogen-bond donors (Lipinski definition) is 0. The van der Waals surface area contributed by atoms with Crippen molar-refractivity contribution >= 4 is 16.6 Å². The Hall–Kier alpha value is -3.48. The smallest absolute Gasteiger partial charge is 0.263 e. The Kier molecular flexibility index (Phi) is 5.04. The molecular weight excluding hydrogens is 407 g/mol. The summed E-state index contributed by atoms with van der Waals surface area (Å²) in [6.07, 6.45) is 3.76. The highest BCUT2D eigenvalue weighted by Gasteiger charge is 2.22. The largest absolute Gasteiger partial charge is 0.369 e. The molecule has 32 heavy (non-hydrogen) atoms. The van der Waals surface area contributed by atoms with Crippen LogP contribution in [0, 0.1) is 18.7 Å². The highest BCUT2D eigenvalue weighted by atomic mass is 19.1. The summed E-state index contributed by atoms with van der Waals surface area (Å²) in [5.41, 5.74) is 3.00. The molecule has 0 aliphatic carbocycles. The second kappa shape index (κ2) is 7.89. The van der Waals surface area contributed by atoms with E-state index in [1.54, 1.807) is 12.3 Å². The van der Waals surface area contributed by atoms with E-state index in [9.17, 15) is 4.79 Å². The van der Waals surface area contributed by atoms with E-state index >= 15 is 4.39 Å². The van der Waals surface area contributed by atoms with Gasteiger partial charge in [-0.3, -0.25) is 4.79 Å². The lowest BCUT2D eigenvalue weighted by Gasteiger charge is -2.32. The molecule has 1 saturated heterocycles. The van der Waals surface area contributed by atoms with E-state index in [0.717, 1.165) is 37.1 Å². The van der Waals surface area contributed by atoms with E-state index in [1.807, 2.05) is 42.8 Å². The molecule has 2 aromatic carbocycles. The zero-order valence-electron chi connectivity index (χ0n) is 18.4. The van der Waals surface area contributed by atoms with Crippen LogP contribution in [0.25, 0.3) is 33.7 Å². The molecule has 0 bridgehead atoms. The van der Waals surface area contributed by atoms with Crippen LogP contribution in [0.4, 0.5) is 10.1 Å². The van der Waals surface area contributed by atoms with Crippen LogP contribution in [0.2, 0.25) is 0 Å². The van der Waals surface area contributed by atoms with Crippen LogP contribution >= 0.6 is 0 Å². The molecule has 2 aromatic heterocycles. The highest BCUT2D eigenvalue weighted by Crippen LogP contribution is 2.30. The van der Waals surface area contributed by atoms with E-state index in [2.05, 4.69) is 22.0 Å². The number of halogens is 1. The van der Waals surface area contributed by atoms with Gasteiger partial charge in [0.1, 0.15) is 11.4 Å². The Bertz CT molecular complexity index is 1370. The first kappa shape index (κ1) is 20.4. The summed E-state index contributed by atoms with van der Waals surface area (Å²) in [5, 5.41) is 4.36. The van der Waals surface area contributed by atoms with Crippen molar-refractivity contribution in [3.8, 4) is 22.8 Å². The van der Waals surface area contributed by atoms with Gasteiger partial charge in [0.15, 0.2) is 0 Å². The molecule has 0 atom stereocenters. The molecule has 0 saturated carbocycles. The van der Waals surface area contributed by atoms with Crippen molar-refractivity contribution in [2.24, 2.45) is 13.0 Å². The average molecular weight is 432 g/mol. The molecule has 5 rings (SSSR count). The number of aromatic nitrogens is 3. The van der Waals surface area contributed by atoms with Gasteiger partial charge < -0.3 is 14.0 Å². The Balaban J connectivity index is 1.58. The first-order valence-corrected chi connectivity index (χ1v) is 10.9. The SMILES string of the molecule is Cc1ccccc1-c1noc(-c2cn(C)c3cc(N4CCC(C)CC4)c(F)cc3c2=O)n1. The zero-order chi connectivity index (χ0) is 22.4. The van der Waals surface area contributed by atoms with Gasteiger partial charge in [0.2, 0.25) is 11.3 Å². The summed E-state index contributed by atoms with van der Waals surface area (Å²) < 4.78 is 22.3. The Labute approximate surface area is 185 Å². The van der Waals surface area contributed by atoms with Gasteiger partial charge in [-0.1, -0.05) is 36.3 Å². The second-order valence-electron chi connectivity index (χ2n) is 8.71. The number of nitrogens with zero attached hydrogens (tertiary/aromatic N) is 4. The second-order valence-corrected chi connectivity index (χ2v) is 8.71. The minimum absolute atomic E-state index is 0.125. The molecule has 1 aliphatic heterocycles. The normalized spacial score (nSPS) is 14.9. The molecule has 0 radical (unpaired) electrons. The van der Waals surface area contributed by atoms with Crippen LogP contribution in [0.5, 0.6) is 0 Å². The van der Waals surface area contributed by atoms with E-state index in [-0.39, 0.29) is 22.7 Å². The molecule has 6 nitrogen and oxygen atoms in total. The number of piperidine rings is 1. The standard InChI is InChI=1S/C25H25FN4O2/c1-15-8-10-30(11-9-15)22-13-21-18(12-20(22)26)23(31)19(14-29(21)3)25-27-24(28-32-25)17-7-5-4-6-16(17)2/h4-7,12-15H,8-11H2,1-3H3. The van der Waals surface area contributed by atoms with Gasteiger partial charge in [0.05, 0.1) is 11.2 Å². The summed E-state index contributed by atoms with van der Waals surface area (Å²) >= 11 is 0. The molecular formula is C25H25FN4O2. The minimum Gasteiger partial charge on any atom is -0.369 e. The fourth-order valence-electron chi connectivity index (χ4n) is 4.40. The van der Waals surface area contributed by atoms with Gasteiger partial charge >= 0.3 is 0 Å². The number of aryl methyl sites for hydroxylation is 2. The Morgan fingerprint density at radius 3 is 2.62 bits per heavy atom. The van der Waals surface area contributed by atoms with Crippen LogP contribution in [0.1, 0.15) is 25.3 Å². The van der Waals surface area contributed by atoms with Gasteiger partial charge in [-0.05, 0) is 43.4 Å². The van der Waals surface area contributed by atoms with Gasteiger partial charge in [0, 0.05) is 37.3 Å². The van der Waals surface area contributed by atoms with Crippen molar-refractivity contribution in [3.63, 3.8) is 0 Å². The lowest BCUT2D eigenvalue weighted by Crippen LogP contribution is -2.33. The van der Waals surface area contributed by atoms with Crippen LogP contribution < -0.4 is 10.3 Å². The molecule has 7 heteroatoms. The number of rotatable bonds is 3.